The molecule has 1 saturated heterocycles. The van der Waals surface area contributed by atoms with Crippen LogP contribution in [-0.2, 0) is 9.53 Å². The van der Waals surface area contributed by atoms with Gasteiger partial charge in [-0.1, -0.05) is 27.5 Å². The standard InChI is InChI=1S/C21H21BrClN3O3/c22-15-2-4-16(5-3-15)24-19(27)14-1-6-17(23)18(13-14)25-20(28)21(7-8-21)26-9-11-29-12-10-26/h1-6,13H,7-12H2,(H,24,27)(H,25,28). The fourth-order valence-electron chi connectivity index (χ4n) is 3.53. The summed E-state index contributed by atoms with van der Waals surface area (Å²) in [6, 6.07) is 12.2. The third-order valence-electron chi connectivity index (χ3n) is 5.34. The van der Waals surface area contributed by atoms with Gasteiger partial charge in [0.25, 0.3) is 5.91 Å². The van der Waals surface area contributed by atoms with E-state index in [-0.39, 0.29) is 11.8 Å². The number of amides is 2. The Morgan fingerprint density at radius 3 is 2.38 bits per heavy atom. The van der Waals surface area contributed by atoms with Crippen molar-refractivity contribution in [2.75, 3.05) is 36.9 Å². The second kappa shape index (κ2) is 8.44. The van der Waals surface area contributed by atoms with Gasteiger partial charge in [0.2, 0.25) is 5.91 Å². The third kappa shape index (κ3) is 4.48. The minimum Gasteiger partial charge on any atom is -0.379 e. The lowest BCUT2D eigenvalue weighted by molar-refractivity contribution is -0.124. The monoisotopic (exact) mass is 477 g/mol. The zero-order valence-electron chi connectivity index (χ0n) is 15.7. The van der Waals surface area contributed by atoms with Crippen molar-refractivity contribution >= 4 is 50.7 Å². The van der Waals surface area contributed by atoms with Crippen LogP contribution >= 0.6 is 27.5 Å². The molecule has 1 aliphatic carbocycles. The summed E-state index contributed by atoms with van der Waals surface area (Å²) in [6.45, 7) is 2.77. The Kier molecular flexibility index (Phi) is 5.92. The Morgan fingerprint density at radius 2 is 1.72 bits per heavy atom. The molecule has 1 aliphatic heterocycles. The van der Waals surface area contributed by atoms with E-state index in [1.807, 2.05) is 12.1 Å². The van der Waals surface area contributed by atoms with E-state index in [4.69, 9.17) is 16.3 Å². The van der Waals surface area contributed by atoms with Gasteiger partial charge in [-0.2, -0.15) is 0 Å². The van der Waals surface area contributed by atoms with Crippen LogP contribution in [0.3, 0.4) is 0 Å². The van der Waals surface area contributed by atoms with Crippen molar-refractivity contribution in [3.05, 3.63) is 57.5 Å². The summed E-state index contributed by atoms with van der Waals surface area (Å²) in [5, 5.41) is 6.18. The molecule has 2 aromatic carbocycles. The molecule has 2 aliphatic rings. The minimum absolute atomic E-state index is 0.0771. The highest BCUT2D eigenvalue weighted by Crippen LogP contribution is 2.43. The van der Waals surface area contributed by atoms with Gasteiger partial charge >= 0.3 is 0 Å². The summed E-state index contributed by atoms with van der Waals surface area (Å²) in [6.07, 6.45) is 1.64. The van der Waals surface area contributed by atoms with E-state index in [1.54, 1.807) is 30.3 Å². The maximum Gasteiger partial charge on any atom is 0.255 e. The Labute approximate surface area is 182 Å². The number of nitrogens with one attached hydrogen (secondary N) is 2. The molecule has 2 N–H and O–H groups in total. The molecule has 152 valence electrons. The van der Waals surface area contributed by atoms with Crippen LogP contribution in [0, 0.1) is 0 Å². The maximum atomic E-state index is 13.0. The van der Waals surface area contributed by atoms with E-state index < -0.39 is 5.54 Å². The van der Waals surface area contributed by atoms with Crippen molar-refractivity contribution in [3.63, 3.8) is 0 Å². The minimum atomic E-state index is -0.483. The van der Waals surface area contributed by atoms with Crippen LogP contribution in [0.15, 0.2) is 46.9 Å². The van der Waals surface area contributed by atoms with E-state index in [2.05, 4.69) is 31.5 Å². The number of hydrogen-bond acceptors (Lipinski definition) is 4. The van der Waals surface area contributed by atoms with Crippen molar-refractivity contribution in [1.29, 1.82) is 0 Å². The van der Waals surface area contributed by atoms with E-state index in [9.17, 15) is 9.59 Å². The first kappa shape index (κ1) is 20.3. The van der Waals surface area contributed by atoms with Crippen LogP contribution in [0.25, 0.3) is 0 Å². The molecule has 0 aromatic heterocycles. The lowest BCUT2D eigenvalue weighted by atomic mass is 10.1. The topological polar surface area (TPSA) is 70.7 Å². The van der Waals surface area contributed by atoms with Gasteiger partial charge in [0, 0.05) is 28.8 Å². The normalized spacial score (nSPS) is 18.1. The number of anilines is 2. The number of hydrogen-bond donors (Lipinski definition) is 2. The van der Waals surface area contributed by atoms with E-state index >= 15 is 0 Å². The highest BCUT2D eigenvalue weighted by molar-refractivity contribution is 9.10. The SMILES string of the molecule is O=C(Nc1ccc(Br)cc1)c1ccc(Cl)c(NC(=O)C2(N3CCOCC3)CC2)c1. The van der Waals surface area contributed by atoms with Crippen LogP contribution in [0.2, 0.25) is 5.02 Å². The average molecular weight is 479 g/mol. The lowest BCUT2D eigenvalue weighted by Gasteiger charge is -2.33. The van der Waals surface area contributed by atoms with E-state index in [0.29, 0.717) is 35.2 Å². The van der Waals surface area contributed by atoms with Crippen molar-refractivity contribution in [1.82, 2.24) is 4.90 Å². The van der Waals surface area contributed by atoms with Crippen molar-refractivity contribution in [2.24, 2.45) is 0 Å². The molecule has 0 bridgehead atoms. The Balaban J connectivity index is 1.47. The zero-order chi connectivity index (χ0) is 20.4. The molecule has 2 amide bonds. The first-order chi connectivity index (χ1) is 14.0. The molecule has 0 unspecified atom stereocenters. The highest BCUT2D eigenvalue weighted by atomic mass is 79.9. The van der Waals surface area contributed by atoms with Gasteiger partial charge in [-0.25, -0.2) is 0 Å². The molecule has 2 fully saturated rings. The third-order valence-corrected chi connectivity index (χ3v) is 6.20. The number of carbonyl (C=O) groups is 2. The van der Waals surface area contributed by atoms with E-state index in [0.717, 1.165) is 30.4 Å². The average Bonchev–Trinajstić information content (AvgIpc) is 3.54. The Morgan fingerprint density at radius 1 is 1.03 bits per heavy atom. The highest BCUT2D eigenvalue weighted by Gasteiger charge is 2.54. The zero-order valence-corrected chi connectivity index (χ0v) is 18.1. The summed E-state index contributed by atoms with van der Waals surface area (Å²) < 4.78 is 6.33. The number of morpholine rings is 1. The van der Waals surface area contributed by atoms with E-state index in [1.165, 1.54) is 0 Å². The number of benzene rings is 2. The fourth-order valence-corrected chi connectivity index (χ4v) is 3.96. The molecule has 0 radical (unpaired) electrons. The maximum absolute atomic E-state index is 13.0. The Hall–Kier alpha value is -1.93. The first-order valence-corrected chi connectivity index (χ1v) is 10.7. The van der Waals surface area contributed by atoms with Crippen LogP contribution < -0.4 is 10.6 Å². The molecule has 0 atom stereocenters. The van der Waals surface area contributed by atoms with Crippen molar-refractivity contribution in [2.45, 2.75) is 18.4 Å². The number of ether oxygens (including phenoxy) is 1. The predicted octanol–water partition coefficient (Wildman–Crippen LogP) is 4.16. The van der Waals surface area contributed by atoms with Crippen LogP contribution in [-0.4, -0.2) is 48.6 Å². The fraction of sp³-hybridized carbons (Fsp3) is 0.333. The van der Waals surface area contributed by atoms with Gasteiger partial charge in [0.15, 0.2) is 0 Å². The lowest BCUT2D eigenvalue weighted by Crippen LogP contribution is -2.51. The predicted molar refractivity (Wildman–Crippen MR) is 117 cm³/mol. The number of rotatable bonds is 5. The Bertz CT molecular complexity index is 925. The van der Waals surface area contributed by atoms with Gasteiger partial charge in [-0.15, -0.1) is 0 Å². The van der Waals surface area contributed by atoms with Gasteiger partial charge in [-0.3, -0.25) is 14.5 Å². The van der Waals surface area contributed by atoms with Crippen molar-refractivity contribution < 1.29 is 14.3 Å². The second-order valence-electron chi connectivity index (χ2n) is 7.24. The molecule has 8 heteroatoms. The van der Waals surface area contributed by atoms with Gasteiger partial charge in [0.1, 0.15) is 5.54 Å². The van der Waals surface area contributed by atoms with Crippen LogP contribution in [0.5, 0.6) is 0 Å². The molecule has 1 saturated carbocycles. The first-order valence-electron chi connectivity index (χ1n) is 9.49. The number of carbonyl (C=O) groups excluding carboxylic acids is 2. The quantitative estimate of drug-likeness (QED) is 0.677. The summed E-state index contributed by atoms with van der Waals surface area (Å²) in [5.41, 5.74) is 1.06. The summed E-state index contributed by atoms with van der Waals surface area (Å²) in [5.74, 6) is -0.347. The van der Waals surface area contributed by atoms with Gasteiger partial charge < -0.3 is 15.4 Å². The molecule has 2 aromatic rings. The molecular weight excluding hydrogens is 458 g/mol. The van der Waals surface area contributed by atoms with Gasteiger partial charge in [-0.05, 0) is 55.3 Å². The van der Waals surface area contributed by atoms with Crippen molar-refractivity contribution in [3.8, 4) is 0 Å². The molecular formula is C21H21BrClN3O3. The molecule has 6 nitrogen and oxygen atoms in total. The van der Waals surface area contributed by atoms with Crippen LogP contribution in [0.4, 0.5) is 11.4 Å². The number of halogens is 2. The summed E-state index contributed by atoms with van der Waals surface area (Å²) in [4.78, 5) is 27.8. The second-order valence-corrected chi connectivity index (χ2v) is 8.56. The molecule has 29 heavy (non-hydrogen) atoms. The smallest absolute Gasteiger partial charge is 0.255 e. The summed E-state index contributed by atoms with van der Waals surface area (Å²) in [7, 11) is 0. The van der Waals surface area contributed by atoms with Crippen LogP contribution in [0.1, 0.15) is 23.2 Å². The molecule has 0 spiro atoms. The van der Waals surface area contributed by atoms with Gasteiger partial charge in [0.05, 0.1) is 23.9 Å². The molecule has 1 heterocycles. The summed E-state index contributed by atoms with van der Waals surface area (Å²) >= 11 is 9.66. The molecule has 4 rings (SSSR count). The largest absolute Gasteiger partial charge is 0.379 e. The number of nitrogens with zero attached hydrogens (tertiary/aromatic N) is 1.